The molecule has 0 heterocycles. The van der Waals surface area contributed by atoms with Crippen molar-refractivity contribution in [2.75, 3.05) is 0 Å². The number of aliphatic carboxylic acids is 2. The van der Waals surface area contributed by atoms with Crippen LogP contribution < -0.4 is 0 Å². The fourth-order valence-corrected chi connectivity index (χ4v) is 0.123. The first kappa shape index (κ1) is 17.3. The van der Waals surface area contributed by atoms with Crippen LogP contribution in [0.25, 0.3) is 0 Å². The second-order valence-electron chi connectivity index (χ2n) is 1.43. The quantitative estimate of drug-likeness (QED) is 0.519. The van der Waals surface area contributed by atoms with Crippen LogP contribution in [-0.2, 0) is 9.59 Å². The lowest BCUT2D eigenvalue weighted by molar-refractivity contribution is -0.136. The third-order valence-corrected chi connectivity index (χ3v) is 0.494. The molecule has 0 aliphatic carbocycles. The van der Waals surface area contributed by atoms with E-state index in [1.165, 1.54) is 6.08 Å². The molecule has 0 aromatic rings. The summed E-state index contributed by atoms with van der Waals surface area (Å²) >= 11 is 0. The van der Waals surface area contributed by atoms with E-state index in [1.807, 2.05) is 0 Å². The van der Waals surface area contributed by atoms with Crippen molar-refractivity contribution >= 4 is 11.9 Å². The highest BCUT2D eigenvalue weighted by Crippen LogP contribution is 1.74. The first-order valence-corrected chi connectivity index (χ1v) is 3.22. The molecule has 0 saturated carbocycles. The molecule has 0 saturated heterocycles. The van der Waals surface area contributed by atoms with Gasteiger partial charge in [0.15, 0.2) is 0 Å². The Morgan fingerprint density at radius 1 is 1.15 bits per heavy atom. The first-order chi connectivity index (χ1) is 6.04. The van der Waals surface area contributed by atoms with E-state index in [1.54, 1.807) is 0 Å². The van der Waals surface area contributed by atoms with Crippen molar-refractivity contribution in [1.82, 2.24) is 0 Å². The first-order valence-electron chi connectivity index (χ1n) is 3.22. The minimum atomic E-state index is -0.981. The monoisotopic (exact) mass is 186 g/mol. The van der Waals surface area contributed by atoms with Gasteiger partial charge in [0, 0.05) is 6.08 Å². The van der Waals surface area contributed by atoms with Crippen LogP contribution in [0.1, 0.15) is 6.42 Å². The Hall–Kier alpha value is -1.84. The number of hydrogen-bond donors (Lipinski definition) is 2. The Bertz CT molecular complexity index is 172. The Balaban J connectivity index is -0.000000131. The smallest absolute Gasteiger partial charge is 0.327 e. The van der Waals surface area contributed by atoms with E-state index in [-0.39, 0.29) is 6.42 Å². The standard InChI is InChI=1S/C4H6O2.C3H4O2.C2H4/c1-2-3-4(5)6;1-2-3(4)5;1-2/h2H,1,3H2,(H,5,6);2H,1H2,(H,4,5);1-2H2. The van der Waals surface area contributed by atoms with Gasteiger partial charge in [-0.1, -0.05) is 12.7 Å². The highest BCUT2D eigenvalue weighted by atomic mass is 16.4. The highest BCUT2D eigenvalue weighted by Gasteiger charge is 1.84. The third-order valence-electron chi connectivity index (χ3n) is 0.494. The van der Waals surface area contributed by atoms with E-state index in [2.05, 4.69) is 26.3 Å². The minimum absolute atomic E-state index is 0.0556. The molecular weight excluding hydrogens is 172 g/mol. The second kappa shape index (κ2) is 16.6. The predicted octanol–water partition coefficient (Wildman–Crippen LogP) is 1.71. The maximum atomic E-state index is 9.53. The lowest BCUT2D eigenvalue weighted by Crippen LogP contribution is -1.88. The molecular formula is C9H14O4. The van der Waals surface area contributed by atoms with Crippen LogP contribution in [0.3, 0.4) is 0 Å². The average Bonchev–Trinajstić information content (AvgIpc) is 2.09. The molecule has 0 aliphatic heterocycles. The number of carboxylic acids is 2. The molecule has 0 rings (SSSR count). The van der Waals surface area contributed by atoms with Crippen molar-refractivity contribution in [2.45, 2.75) is 6.42 Å². The van der Waals surface area contributed by atoms with E-state index in [4.69, 9.17) is 10.2 Å². The maximum Gasteiger partial charge on any atom is 0.327 e. The molecule has 4 nitrogen and oxygen atoms in total. The zero-order valence-corrected chi connectivity index (χ0v) is 7.40. The van der Waals surface area contributed by atoms with E-state index < -0.39 is 11.9 Å². The lowest BCUT2D eigenvalue weighted by atomic mass is 10.4. The zero-order chi connectivity index (χ0) is 11.3. The molecule has 13 heavy (non-hydrogen) atoms. The molecule has 0 radical (unpaired) electrons. The summed E-state index contributed by atoms with van der Waals surface area (Å²) < 4.78 is 0. The van der Waals surface area contributed by atoms with E-state index >= 15 is 0 Å². The van der Waals surface area contributed by atoms with Crippen molar-refractivity contribution < 1.29 is 19.8 Å². The van der Waals surface area contributed by atoms with Crippen molar-refractivity contribution in [3.63, 3.8) is 0 Å². The van der Waals surface area contributed by atoms with E-state index in [9.17, 15) is 9.59 Å². The Labute approximate surface area is 77.5 Å². The summed E-state index contributed by atoms with van der Waals surface area (Å²) in [6, 6.07) is 0. The molecule has 0 spiro atoms. The zero-order valence-electron chi connectivity index (χ0n) is 7.40. The van der Waals surface area contributed by atoms with Gasteiger partial charge in [0.25, 0.3) is 0 Å². The lowest BCUT2D eigenvalue weighted by Gasteiger charge is -1.75. The van der Waals surface area contributed by atoms with Gasteiger partial charge in [0.2, 0.25) is 0 Å². The molecule has 74 valence electrons. The Kier molecular flexibility index (Phi) is 22.1. The van der Waals surface area contributed by atoms with Crippen LogP contribution in [-0.4, -0.2) is 22.2 Å². The molecule has 0 unspecified atom stereocenters. The van der Waals surface area contributed by atoms with Gasteiger partial charge in [0.1, 0.15) is 0 Å². The summed E-state index contributed by atoms with van der Waals surface area (Å²) in [4.78, 5) is 18.8. The topological polar surface area (TPSA) is 74.6 Å². The molecule has 0 aliphatic rings. The molecule has 0 amide bonds. The fourth-order valence-electron chi connectivity index (χ4n) is 0.123. The predicted molar refractivity (Wildman–Crippen MR) is 51.5 cm³/mol. The number of carboxylic acid groups (broad SMARTS) is 2. The maximum absolute atomic E-state index is 9.53. The molecule has 0 atom stereocenters. The average molecular weight is 186 g/mol. The second-order valence-corrected chi connectivity index (χ2v) is 1.43. The van der Waals surface area contributed by atoms with Crippen LogP contribution in [0.5, 0.6) is 0 Å². The van der Waals surface area contributed by atoms with Gasteiger partial charge in [-0.15, -0.1) is 19.7 Å². The van der Waals surface area contributed by atoms with Crippen LogP contribution in [0, 0.1) is 0 Å². The normalized spacial score (nSPS) is 6.15. The number of carbonyl (C=O) groups is 2. The molecule has 4 heteroatoms. The van der Waals surface area contributed by atoms with Gasteiger partial charge in [-0.3, -0.25) is 4.79 Å². The van der Waals surface area contributed by atoms with Gasteiger partial charge in [-0.2, -0.15) is 0 Å². The van der Waals surface area contributed by atoms with Crippen molar-refractivity contribution in [3.8, 4) is 0 Å². The summed E-state index contributed by atoms with van der Waals surface area (Å²) in [5, 5.41) is 15.4. The summed E-state index contributed by atoms with van der Waals surface area (Å²) in [7, 11) is 0. The molecule has 0 fully saturated rings. The molecule has 2 N–H and O–H groups in total. The molecule has 0 bridgehead atoms. The molecule has 0 aromatic heterocycles. The summed E-state index contributed by atoms with van der Waals surface area (Å²) in [5.74, 6) is -1.81. The van der Waals surface area contributed by atoms with Gasteiger partial charge in [0.05, 0.1) is 6.42 Å². The number of rotatable bonds is 3. The SMILES string of the molecule is C=C.C=CC(=O)O.C=CCC(=O)O. The van der Waals surface area contributed by atoms with Crippen LogP contribution >= 0.6 is 0 Å². The highest BCUT2D eigenvalue weighted by molar-refractivity contribution is 5.78. The van der Waals surface area contributed by atoms with Crippen LogP contribution in [0.2, 0.25) is 0 Å². The third kappa shape index (κ3) is 67.7. The fraction of sp³-hybridized carbons (Fsp3) is 0.111. The van der Waals surface area contributed by atoms with Gasteiger partial charge in [-0.05, 0) is 0 Å². The van der Waals surface area contributed by atoms with E-state index in [0.29, 0.717) is 0 Å². The molecule has 0 aromatic carbocycles. The minimum Gasteiger partial charge on any atom is -0.481 e. The summed E-state index contributed by atoms with van der Waals surface area (Å²) in [5.41, 5.74) is 0. The van der Waals surface area contributed by atoms with Gasteiger partial charge in [-0.25, -0.2) is 4.79 Å². The van der Waals surface area contributed by atoms with Crippen molar-refractivity contribution in [1.29, 1.82) is 0 Å². The Morgan fingerprint density at radius 3 is 1.46 bits per heavy atom. The van der Waals surface area contributed by atoms with Crippen LogP contribution in [0.4, 0.5) is 0 Å². The van der Waals surface area contributed by atoms with Crippen molar-refractivity contribution in [3.05, 3.63) is 38.5 Å². The van der Waals surface area contributed by atoms with Gasteiger partial charge >= 0.3 is 11.9 Å². The Morgan fingerprint density at radius 2 is 1.46 bits per heavy atom. The van der Waals surface area contributed by atoms with E-state index in [0.717, 1.165) is 6.08 Å². The van der Waals surface area contributed by atoms with Gasteiger partial charge < -0.3 is 10.2 Å². The summed E-state index contributed by atoms with van der Waals surface area (Å²) in [6.07, 6.45) is 2.24. The largest absolute Gasteiger partial charge is 0.481 e. The van der Waals surface area contributed by atoms with Crippen LogP contribution in [0.15, 0.2) is 38.5 Å². The number of hydrogen-bond acceptors (Lipinski definition) is 2. The summed E-state index contributed by atoms with van der Waals surface area (Å²) in [6.45, 7) is 12.2. The van der Waals surface area contributed by atoms with Crippen molar-refractivity contribution in [2.24, 2.45) is 0 Å².